The van der Waals surface area contributed by atoms with Crippen molar-refractivity contribution in [2.45, 2.75) is 56.8 Å². The summed E-state index contributed by atoms with van der Waals surface area (Å²) in [6.45, 7) is 1.44. The van der Waals surface area contributed by atoms with E-state index in [1.165, 1.54) is 6.07 Å². The number of aliphatic hydroxyl groups excluding tert-OH is 1. The molecule has 0 radical (unpaired) electrons. The topological polar surface area (TPSA) is 281 Å². The SMILES string of the molecule is Cc1cc(-c2ccc(O)c(C[C@H](NC(=O)[C@H](CCCN)NC(=O)CN)C(=O)N[C@@H](CCN)C(=O)NCC(O)CN)c2)ccc1O. The summed E-state index contributed by atoms with van der Waals surface area (Å²) in [6, 6.07) is 6.27. The van der Waals surface area contributed by atoms with E-state index in [2.05, 4.69) is 21.3 Å². The van der Waals surface area contributed by atoms with Gasteiger partial charge in [-0.2, -0.15) is 0 Å². The minimum Gasteiger partial charge on any atom is -0.508 e. The van der Waals surface area contributed by atoms with Crippen molar-refractivity contribution in [3.05, 3.63) is 47.5 Å². The summed E-state index contributed by atoms with van der Waals surface area (Å²) in [6.07, 6.45) is -0.584. The Kier molecular flexibility index (Phi) is 15.2. The van der Waals surface area contributed by atoms with Crippen molar-refractivity contribution >= 4 is 23.6 Å². The van der Waals surface area contributed by atoms with Gasteiger partial charge < -0.3 is 59.5 Å². The van der Waals surface area contributed by atoms with Crippen LogP contribution in [-0.2, 0) is 25.6 Å². The molecule has 2 aromatic rings. The van der Waals surface area contributed by atoms with Gasteiger partial charge in [-0.3, -0.25) is 19.2 Å². The number of aryl methyl sites for hydroxylation is 1. The lowest BCUT2D eigenvalue weighted by Crippen LogP contribution is -2.58. The van der Waals surface area contributed by atoms with Crippen LogP contribution in [0.2, 0.25) is 0 Å². The molecule has 0 fully saturated rings. The summed E-state index contributed by atoms with van der Waals surface area (Å²) in [7, 11) is 0. The van der Waals surface area contributed by atoms with E-state index in [1.807, 2.05) is 0 Å². The molecule has 0 saturated heterocycles. The van der Waals surface area contributed by atoms with Gasteiger partial charge in [0, 0.05) is 19.5 Å². The van der Waals surface area contributed by atoms with E-state index in [9.17, 15) is 34.5 Å². The molecule has 15 heteroatoms. The molecule has 0 aliphatic heterocycles. The Balaban J connectivity index is 2.43. The number of nitrogens with two attached hydrogens (primary N) is 4. The Morgan fingerprint density at radius 1 is 0.756 bits per heavy atom. The fourth-order valence-electron chi connectivity index (χ4n) is 4.44. The van der Waals surface area contributed by atoms with E-state index in [0.717, 1.165) is 5.56 Å². The number of carbonyl (C=O) groups is 4. The van der Waals surface area contributed by atoms with Gasteiger partial charge in [-0.05, 0) is 85.8 Å². The van der Waals surface area contributed by atoms with Gasteiger partial charge in [-0.15, -0.1) is 0 Å². The minimum absolute atomic E-state index is 0.0377. The van der Waals surface area contributed by atoms with Crippen LogP contribution in [0.25, 0.3) is 11.1 Å². The summed E-state index contributed by atoms with van der Waals surface area (Å²) in [5.74, 6) is -2.68. The summed E-state index contributed by atoms with van der Waals surface area (Å²) in [5.41, 5.74) is 24.5. The fourth-order valence-corrected chi connectivity index (χ4v) is 4.44. The normalized spacial score (nSPS) is 13.6. The van der Waals surface area contributed by atoms with Crippen molar-refractivity contribution in [3.63, 3.8) is 0 Å². The van der Waals surface area contributed by atoms with Gasteiger partial charge in [0.25, 0.3) is 0 Å². The van der Waals surface area contributed by atoms with Gasteiger partial charge in [-0.25, -0.2) is 0 Å². The van der Waals surface area contributed by atoms with E-state index >= 15 is 0 Å². The lowest BCUT2D eigenvalue weighted by Gasteiger charge is -2.26. The average molecular weight is 631 g/mol. The number of carbonyl (C=O) groups excluding carboxylic acids is 4. The van der Waals surface area contributed by atoms with E-state index in [-0.39, 0.29) is 63.5 Å². The van der Waals surface area contributed by atoms with Gasteiger partial charge in [0.2, 0.25) is 23.6 Å². The highest BCUT2D eigenvalue weighted by molar-refractivity contribution is 5.94. The number of rotatable bonds is 18. The molecule has 15 nitrogen and oxygen atoms in total. The van der Waals surface area contributed by atoms with Crippen molar-refractivity contribution in [1.82, 2.24) is 21.3 Å². The van der Waals surface area contributed by atoms with Crippen LogP contribution in [0.1, 0.15) is 30.4 Å². The smallest absolute Gasteiger partial charge is 0.243 e. The van der Waals surface area contributed by atoms with Crippen LogP contribution in [0.4, 0.5) is 0 Å². The number of hydrogen-bond donors (Lipinski definition) is 11. The van der Waals surface area contributed by atoms with E-state index in [1.54, 1.807) is 37.3 Å². The van der Waals surface area contributed by atoms with Crippen molar-refractivity contribution < 1.29 is 34.5 Å². The summed E-state index contributed by atoms with van der Waals surface area (Å²) in [4.78, 5) is 51.9. The van der Waals surface area contributed by atoms with Crippen LogP contribution in [0.15, 0.2) is 36.4 Å². The molecule has 2 aromatic carbocycles. The van der Waals surface area contributed by atoms with Crippen LogP contribution in [0.5, 0.6) is 11.5 Å². The largest absolute Gasteiger partial charge is 0.508 e. The van der Waals surface area contributed by atoms with E-state index in [0.29, 0.717) is 23.1 Å². The molecule has 4 atom stereocenters. The van der Waals surface area contributed by atoms with Gasteiger partial charge in [-0.1, -0.05) is 12.1 Å². The number of phenols is 2. The average Bonchev–Trinajstić information content (AvgIpc) is 3.02. The predicted octanol–water partition coefficient (Wildman–Crippen LogP) is -2.45. The zero-order valence-corrected chi connectivity index (χ0v) is 25.4. The van der Waals surface area contributed by atoms with E-state index < -0.39 is 47.9 Å². The van der Waals surface area contributed by atoms with Crippen molar-refractivity contribution in [2.75, 3.05) is 32.7 Å². The first-order valence-electron chi connectivity index (χ1n) is 14.7. The Morgan fingerprint density at radius 2 is 1.36 bits per heavy atom. The first-order chi connectivity index (χ1) is 21.4. The molecule has 0 spiro atoms. The van der Waals surface area contributed by atoms with Crippen molar-refractivity contribution in [1.29, 1.82) is 0 Å². The number of aromatic hydroxyl groups is 2. The molecule has 2 rings (SSSR count). The first kappa shape index (κ1) is 36.9. The monoisotopic (exact) mass is 630 g/mol. The molecule has 1 unspecified atom stereocenters. The molecule has 45 heavy (non-hydrogen) atoms. The van der Waals surface area contributed by atoms with Crippen LogP contribution in [0, 0.1) is 6.92 Å². The molecule has 0 heterocycles. The summed E-state index contributed by atoms with van der Waals surface area (Å²) >= 11 is 0. The highest BCUT2D eigenvalue weighted by Gasteiger charge is 2.30. The van der Waals surface area contributed by atoms with Crippen LogP contribution >= 0.6 is 0 Å². The molecule has 0 aliphatic carbocycles. The lowest BCUT2D eigenvalue weighted by atomic mass is 9.96. The standard InChI is InChI=1S/C30H46N8O7/c1-17-11-18(4-6-25(17)40)19-5-7-26(41)20(12-19)13-24(38-29(44)22(3-2-9-31)36-27(42)15-34)30(45)37-23(8-10-32)28(43)35-16-21(39)14-33/h4-7,11-12,21-24,39-41H,2-3,8-10,13-16,31-34H2,1H3,(H,35,43)(H,36,42)(H,37,45)(H,38,44)/t21?,22-,23-,24-/m0/s1. The number of phenolic OH excluding ortho intramolecular Hbond substituents is 2. The Labute approximate surface area is 262 Å². The molecule has 0 aliphatic rings. The van der Waals surface area contributed by atoms with E-state index in [4.69, 9.17) is 22.9 Å². The maximum absolute atomic E-state index is 13.7. The number of aliphatic hydroxyl groups is 1. The second-order valence-electron chi connectivity index (χ2n) is 10.6. The Bertz CT molecular complexity index is 1310. The molecule has 0 aromatic heterocycles. The third-order valence-corrected chi connectivity index (χ3v) is 7.07. The minimum atomic E-state index is -1.32. The number of nitrogens with one attached hydrogen (secondary N) is 4. The second-order valence-corrected chi connectivity index (χ2v) is 10.6. The fraction of sp³-hybridized carbons (Fsp3) is 0.467. The zero-order valence-electron chi connectivity index (χ0n) is 25.4. The quantitative estimate of drug-likeness (QED) is 0.0822. The molecule has 15 N–H and O–H groups in total. The van der Waals surface area contributed by atoms with Crippen LogP contribution < -0.4 is 44.2 Å². The molecule has 248 valence electrons. The third kappa shape index (κ3) is 11.6. The summed E-state index contributed by atoms with van der Waals surface area (Å²) in [5, 5.41) is 40.7. The zero-order chi connectivity index (χ0) is 33.5. The number of hydrogen-bond acceptors (Lipinski definition) is 11. The second kappa shape index (κ2) is 18.5. The third-order valence-electron chi connectivity index (χ3n) is 7.07. The number of amides is 4. The van der Waals surface area contributed by atoms with Crippen LogP contribution in [0.3, 0.4) is 0 Å². The lowest BCUT2D eigenvalue weighted by molar-refractivity contribution is -0.133. The van der Waals surface area contributed by atoms with Crippen molar-refractivity contribution in [2.24, 2.45) is 22.9 Å². The van der Waals surface area contributed by atoms with Gasteiger partial charge in [0.05, 0.1) is 12.6 Å². The highest BCUT2D eigenvalue weighted by Crippen LogP contribution is 2.29. The molecule has 0 saturated carbocycles. The molecule has 4 amide bonds. The molecular weight excluding hydrogens is 584 g/mol. The molecule has 0 bridgehead atoms. The maximum atomic E-state index is 13.7. The Hall–Kier alpha value is -4.28. The van der Waals surface area contributed by atoms with Crippen molar-refractivity contribution in [3.8, 4) is 22.6 Å². The highest BCUT2D eigenvalue weighted by atomic mass is 16.3. The summed E-state index contributed by atoms with van der Waals surface area (Å²) < 4.78 is 0. The van der Waals surface area contributed by atoms with Gasteiger partial charge in [0.1, 0.15) is 29.6 Å². The Morgan fingerprint density at radius 3 is 1.96 bits per heavy atom. The van der Waals surface area contributed by atoms with Gasteiger partial charge in [0.15, 0.2) is 0 Å². The predicted molar refractivity (Wildman–Crippen MR) is 169 cm³/mol. The van der Waals surface area contributed by atoms with Gasteiger partial charge >= 0.3 is 0 Å². The number of benzene rings is 2. The first-order valence-corrected chi connectivity index (χ1v) is 14.7. The molecular formula is C30H46N8O7. The van der Waals surface area contributed by atoms with Crippen LogP contribution in [-0.4, -0.2) is 95.9 Å². The maximum Gasteiger partial charge on any atom is 0.243 e.